The summed E-state index contributed by atoms with van der Waals surface area (Å²) in [6.45, 7) is 0. The molecule has 0 bridgehead atoms. The van der Waals surface area contributed by atoms with Crippen LogP contribution in [0, 0.1) is 11.6 Å². The van der Waals surface area contributed by atoms with E-state index in [9.17, 15) is 8.78 Å². The van der Waals surface area contributed by atoms with Crippen molar-refractivity contribution in [3.8, 4) is 0 Å². The Hall–Kier alpha value is -0.780. The van der Waals surface area contributed by atoms with E-state index < -0.39 is 11.6 Å². The Kier molecular flexibility index (Phi) is 4.14. The van der Waals surface area contributed by atoms with E-state index >= 15 is 0 Å². The summed E-state index contributed by atoms with van der Waals surface area (Å²) in [6.07, 6.45) is 0.0616. The second-order valence-corrected chi connectivity index (χ2v) is 4.92. The van der Waals surface area contributed by atoms with Crippen molar-refractivity contribution in [1.29, 1.82) is 0 Å². The van der Waals surface area contributed by atoms with Crippen LogP contribution in [0.1, 0.15) is 11.3 Å². The largest absolute Gasteiger partial charge is 0.224 e. The van der Waals surface area contributed by atoms with Crippen LogP contribution in [-0.2, 0) is 6.42 Å². The zero-order chi connectivity index (χ0) is 13.3. The lowest BCUT2D eigenvalue weighted by Crippen LogP contribution is -2.00. The number of aromatic nitrogens is 2. The molecule has 0 N–H and O–H groups in total. The number of rotatable bonds is 2. The van der Waals surface area contributed by atoms with Gasteiger partial charge in [-0.15, -0.1) is 0 Å². The molecule has 0 amide bonds. The van der Waals surface area contributed by atoms with Crippen molar-refractivity contribution in [2.24, 2.45) is 0 Å². The zero-order valence-electron chi connectivity index (χ0n) is 8.72. The predicted molar refractivity (Wildman–Crippen MR) is 68.9 cm³/mol. The third kappa shape index (κ3) is 2.79. The van der Waals surface area contributed by atoms with Crippen LogP contribution in [0.15, 0.2) is 22.7 Å². The molecule has 7 heteroatoms. The molecule has 0 aliphatic carbocycles. The lowest BCUT2D eigenvalue weighted by Gasteiger charge is -2.07. The van der Waals surface area contributed by atoms with Crippen LogP contribution in [-0.4, -0.2) is 9.97 Å². The molecular weight excluding hydrogens is 349 g/mol. The first-order chi connectivity index (χ1) is 8.49. The Morgan fingerprint density at radius 1 is 1.17 bits per heavy atom. The first-order valence-electron chi connectivity index (χ1n) is 4.79. The van der Waals surface area contributed by atoms with E-state index in [1.807, 2.05) is 0 Å². The van der Waals surface area contributed by atoms with Crippen molar-refractivity contribution in [3.05, 3.63) is 56.0 Å². The van der Waals surface area contributed by atoms with Gasteiger partial charge < -0.3 is 0 Å². The molecular formula is C11H5BrCl2F2N2. The summed E-state index contributed by atoms with van der Waals surface area (Å²) >= 11 is 14.7. The van der Waals surface area contributed by atoms with Crippen LogP contribution in [0.2, 0.25) is 10.4 Å². The van der Waals surface area contributed by atoms with E-state index in [-0.39, 0.29) is 22.4 Å². The Bertz CT molecular complexity index is 608. The minimum absolute atomic E-state index is 0.0463. The molecule has 0 spiro atoms. The first-order valence-corrected chi connectivity index (χ1v) is 6.34. The molecule has 94 valence electrons. The second-order valence-electron chi connectivity index (χ2n) is 3.43. The maximum atomic E-state index is 13.5. The molecule has 2 aromatic rings. The number of halogens is 5. The lowest BCUT2D eigenvalue weighted by molar-refractivity contribution is 0.500. The number of hydrogen-bond acceptors (Lipinski definition) is 2. The predicted octanol–water partition coefficient (Wildman–Crippen LogP) is 4.41. The molecule has 0 fully saturated rings. The van der Waals surface area contributed by atoms with E-state index in [1.165, 1.54) is 12.1 Å². The fraction of sp³-hybridized carbons (Fsp3) is 0.0909. The molecule has 1 aromatic carbocycles. The molecule has 0 unspecified atom stereocenters. The summed E-state index contributed by atoms with van der Waals surface area (Å²) in [7, 11) is 0. The topological polar surface area (TPSA) is 25.8 Å². The van der Waals surface area contributed by atoms with Gasteiger partial charge >= 0.3 is 0 Å². The summed E-state index contributed by atoms with van der Waals surface area (Å²) in [5.41, 5.74) is 0.561. The SMILES string of the molecule is Fc1cccc(Cc2nc(Cl)nc(Cl)c2Br)c1F. The molecule has 18 heavy (non-hydrogen) atoms. The van der Waals surface area contributed by atoms with Crippen LogP contribution < -0.4 is 0 Å². The second kappa shape index (κ2) is 5.47. The molecule has 0 aliphatic heterocycles. The van der Waals surface area contributed by atoms with Gasteiger partial charge in [0, 0.05) is 6.42 Å². The highest BCUT2D eigenvalue weighted by Crippen LogP contribution is 2.27. The molecule has 0 saturated heterocycles. The molecule has 0 saturated carbocycles. The minimum Gasteiger partial charge on any atom is -0.221 e. The molecule has 0 radical (unpaired) electrons. The third-order valence-electron chi connectivity index (χ3n) is 2.24. The van der Waals surface area contributed by atoms with Gasteiger partial charge in [-0.2, -0.15) is 0 Å². The standard InChI is InChI=1S/C11H5BrCl2F2N2/c12-8-7(17-11(14)18-10(8)13)4-5-2-1-3-6(15)9(5)16/h1-3H,4H2. The Morgan fingerprint density at radius 2 is 1.89 bits per heavy atom. The fourth-order valence-electron chi connectivity index (χ4n) is 1.42. The van der Waals surface area contributed by atoms with Crippen molar-refractivity contribution >= 4 is 39.1 Å². The van der Waals surface area contributed by atoms with Gasteiger partial charge in [-0.25, -0.2) is 18.7 Å². The highest BCUT2D eigenvalue weighted by atomic mass is 79.9. The van der Waals surface area contributed by atoms with E-state index in [0.717, 1.165) is 6.07 Å². The molecule has 0 aliphatic rings. The van der Waals surface area contributed by atoms with Crippen LogP contribution in [0.3, 0.4) is 0 Å². The molecule has 1 heterocycles. The maximum Gasteiger partial charge on any atom is 0.224 e. The van der Waals surface area contributed by atoms with E-state index in [2.05, 4.69) is 25.9 Å². The maximum absolute atomic E-state index is 13.5. The van der Waals surface area contributed by atoms with Crippen LogP contribution >= 0.6 is 39.1 Å². The van der Waals surface area contributed by atoms with Gasteiger partial charge in [-0.3, -0.25) is 0 Å². The average molecular weight is 354 g/mol. The third-order valence-corrected chi connectivity index (χ3v) is 3.75. The number of hydrogen-bond donors (Lipinski definition) is 0. The van der Waals surface area contributed by atoms with Gasteiger partial charge in [-0.05, 0) is 39.2 Å². The van der Waals surface area contributed by atoms with E-state index in [0.29, 0.717) is 10.2 Å². The normalized spacial score (nSPS) is 10.7. The van der Waals surface area contributed by atoms with Gasteiger partial charge in [0.2, 0.25) is 5.28 Å². The van der Waals surface area contributed by atoms with Gasteiger partial charge in [0.25, 0.3) is 0 Å². The van der Waals surface area contributed by atoms with Crippen molar-refractivity contribution in [1.82, 2.24) is 9.97 Å². The quantitative estimate of drug-likeness (QED) is 0.590. The smallest absolute Gasteiger partial charge is 0.221 e. The molecule has 1 aromatic heterocycles. The van der Waals surface area contributed by atoms with E-state index in [1.54, 1.807) is 0 Å². The molecule has 0 atom stereocenters. The number of nitrogens with zero attached hydrogens (tertiary/aromatic N) is 2. The minimum atomic E-state index is -0.908. The highest BCUT2D eigenvalue weighted by Gasteiger charge is 2.14. The van der Waals surface area contributed by atoms with Gasteiger partial charge in [-0.1, -0.05) is 23.7 Å². The fourth-order valence-corrected chi connectivity index (χ4v) is 2.15. The zero-order valence-corrected chi connectivity index (χ0v) is 11.8. The summed E-state index contributed by atoms with van der Waals surface area (Å²) in [5.74, 6) is -1.81. The van der Waals surface area contributed by atoms with Gasteiger partial charge in [0.05, 0.1) is 10.2 Å². The highest BCUT2D eigenvalue weighted by molar-refractivity contribution is 9.10. The number of benzene rings is 1. The Balaban J connectivity index is 2.43. The summed E-state index contributed by atoms with van der Waals surface area (Å²) in [4.78, 5) is 7.65. The van der Waals surface area contributed by atoms with Crippen molar-refractivity contribution < 1.29 is 8.78 Å². The Morgan fingerprint density at radius 3 is 2.61 bits per heavy atom. The van der Waals surface area contributed by atoms with Crippen molar-refractivity contribution in [2.75, 3.05) is 0 Å². The van der Waals surface area contributed by atoms with Crippen LogP contribution in [0.5, 0.6) is 0 Å². The summed E-state index contributed by atoms with van der Waals surface area (Å²) in [6, 6.07) is 3.94. The monoisotopic (exact) mass is 352 g/mol. The summed E-state index contributed by atoms with van der Waals surface area (Å²) < 4.78 is 27.0. The average Bonchev–Trinajstić information content (AvgIpc) is 2.31. The summed E-state index contributed by atoms with van der Waals surface area (Å²) in [5, 5.41) is 0.0804. The van der Waals surface area contributed by atoms with Gasteiger partial charge in [0.15, 0.2) is 11.6 Å². The van der Waals surface area contributed by atoms with E-state index in [4.69, 9.17) is 23.2 Å². The molecule has 2 rings (SSSR count). The van der Waals surface area contributed by atoms with Crippen molar-refractivity contribution in [3.63, 3.8) is 0 Å². The first kappa shape index (κ1) is 13.6. The van der Waals surface area contributed by atoms with Crippen LogP contribution in [0.4, 0.5) is 8.78 Å². The van der Waals surface area contributed by atoms with Crippen LogP contribution in [0.25, 0.3) is 0 Å². The molecule has 2 nitrogen and oxygen atoms in total. The Labute approximate surface area is 120 Å². The lowest BCUT2D eigenvalue weighted by atomic mass is 10.1. The van der Waals surface area contributed by atoms with Crippen molar-refractivity contribution in [2.45, 2.75) is 6.42 Å². The van der Waals surface area contributed by atoms with Gasteiger partial charge in [0.1, 0.15) is 5.15 Å².